The zero-order chi connectivity index (χ0) is 17.8. The largest absolute Gasteiger partial charge is 0.345 e. The normalized spacial score (nSPS) is 16.2. The molecule has 1 aromatic heterocycles. The average molecular weight is 353 g/mol. The molecule has 2 heterocycles. The second kappa shape index (κ2) is 7.74. The number of benzene rings is 1. The number of thioether (sulfide) groups is 1. The van der Waals surface area contributed by atoms with Crippen molar-refractivity contribution in [1.29, 1.82) is 0 Å². The fraction of sp³-hybridized carbons (Fsp3) is 0.300. The lowest BCUT2D eigenvalue weighted by Crippen LogP contribution is -2.28. The van der Waals surface area contributed by atoms with Crippen LogP contribution >= 0.6 is 11.8 Å². The number of hydrazone groups is 1. The number of hydrogen-bond donors (Lipinski definition) is 0. The highest BCUT2D eigenvalue weighted by Crippen LogP contribution is 2.23. The Bertz CT molecular complexity index is 818. The van der Waals surface area contributed by atoms with Crippen LogP contribution in [0.5, 0.6) is 0 Å². The van der Waals surface area contributed by atoms with Crippen LogP contribution in [0.25, 0.3) is 0 Å². The van der Waals surface area contributed by atoms with Gasteiger partial charge in [0, 0.05) is 36.3 Å². The Morgan fingerprint density at radius 2 is 2.04 bits per heavy atom. The Hall–Kier alpha value is -2.27. The van der Waals surface area contributed by atoms with Crippen molar-refractivity contribution >= 4 is 22.6 Å². The molecule has 3 rings (SSSR count). The fourth-order valence-corrected chi connectivity index (χ4v) is 3.87. The quantitative estimate of drug-likeness (QED) is 0.755. The van der Waals surface area contributed by atoms with Gasteiger partial charge in [-0.25, -0.2) is 5.01 Å². The third kappa shape index (κ3) is 3.87. The number of allylic oxidation sites excluding steroid dienone is 1. The number of amidine groups is 1. The molecule has 4 nitrogen and oxygen atoms in total. The van der Waals surface area contributed by atoms with Crippen LogP contribution in [-0.2, 0) is 13.1 Å². The lowest BCUT2D eigenvalue weighted by Gasteiger charge is -2.22. The zero-order valence-electron chi connectivity index (χ0n) is 15.1. The fourth-order valence-electron chi connectivity index (χ4n) is 3.00. The van der Waals surface area contributed by atoms with Gasteiger partial charge < -0.3 is 4.57 Å². The first kappa shape index (κ1) is 17.5. The predicted octanol–water partition coefficient (Wildman–Crippen LogP) is 4.23. The molecule has 0 spiro atoms. The molecule has 0 aliphatic carbocycles. The summed E-state index contributed by atoms with van der Waals surface area (Å²) in [5.74, 6) is 0.844. The number of aryl methyl sites for hydroxylation is 1. The van der Waals surface area contributed by atoms with E-state index in [-0.39, 0.29) is 0 Å². The van der Waals surface area contributed by atoms with Gasteiger partial charge in [0.05, 0.1) is 12.3 Å². The van der Waals surface area contributed by atoms with Crippen LogP contribution in [0.3, 0.4) is 0 Å². The van der Waals surface area contributed by atoms with Gasteiger partial charge in [-0.2, -0.15) is 5.10 Å². The Morgan fingerprint density at radius 3 is 2.72 bits per heavy atom. The van der Waals surface area contributed by atoms with Crippen molar-refractivity contribution in [2.24, 2.45) is 10.1 Å². The molecule has 1 aromatic carbocycles. The Kier molecular flexibility index (Phi) is 5.43. The van der Waals surface area contributed by atoms with E-state index < -0.39 is 0 Å². The number of aromatic nitrogens is 1. The molecule has 130 valence electrons. The van der Waals surface area contributed by atoms with E-state index in [9.17, 15) is 0 Å². The molecule has 0 saturated heterocycles. The molecule has 0 unspecified atom stereocenters. The molecule has 0 amide bonds. The molecule has 0 fully saturated rings. The van der Waals surface area contributed by atoms with Crippen LogP contribution < -0.4 is 0 Å². The summed E-state index contributed by atoms with van der Waals surface area (Å²) < 4.78 is 2.27. The molecule has 0 saturated carbocycles. The van der Waals surface area contributed by atoms with Crippen molar-refractivity contribution in [1.82, 2.24) is 9.58 Å². The maximum atomic E-state index is 4.78. The van der Waals surface area contributed by atoms with E-state index in [0.29, 0.717) is 6.54 Å². The first-order chi connectivity index (χ1) is 12.1. The zero-order valence-corrected chi connectivity index (χ0v) is 15.9. The minimum absolute atomic E-state index is 0.687. The Morgan fingerprint density at radius 1 is 1.28 bits per heavy atom. The second-order valence-electron chi connectivity index (χ2n) is 6.13. The molecule has 2 aromatic rings. The van der Waals surface area contributed by atoms with Gasteiger partial charge in [-0.15, -0.1) is 6.58 Å². The molecule has 1 aliphatic heterocycles. The van der Waals surface area contributed by atoms with E-state index in [1.807, 2.05) is 36.3 Å². The number of hydrogen-bond acceptors (Lipinski definition) is 3. The molecule has 0 N–H and O–H groups in total. The summed E-state index contributed by atoms with van der Waals surface area (Å²) in [5, 5.41) is 7.64. The van der Waals surface area contributed by atoms with Gasteiger partial charge in [0.15, 0.2) is 5.17 Å². The van der Waals surface area contributed by atoms with Crippen LogP contribution in [0.15, 0.2) is 59.1 Å². The number of nitrogens with zero attached hydrogens (tertiary/aromatic N) is 4. The average Bonchev–Trinajstić information content (AvgIpc) is 2.90. The van der Waals surface area contributed by atoms with Crippen LogP contribution in [0.2, 0.25) is 0 Å². The van der Waals surface area contributed by atoms with Gasteiger partial charge in [-0.3, -0.25) is 4.99 Å². The van der Waals surface area contributed by atoms with Crippen molar-refractivity contribution in [3.63, 3.8) is 0 Å². The monoisotopic (exact) mass is 352 g/mol. The maximum absolute atomic E-state index is 4.78. The van der Waals surface area contributed by atoms with E-state index in [2.05, 4.69) is 43.2 Å². The minimum Gasteiger partial charge on any atom is -0.345 e. The molecule has 5 heteroatoms. The molecule has 1 aliphatic rings. The van der Waals surface area contributed by atoms with Crippen LogP contribution in [0.1, 0.15) is 22.5 Å². The number of rotatable bonds is 5. The van der Waals surface area contributed by atoms with Crippen molar-refractivity contribution < 1.29 is 0 Å². The first-order valence-corrected chi connectivity index (χ1v) is 9.39. The summed E-state index contributed by atoms with van der Waals surface area (Å²) in [6.07, 6.45) is 1.93. The number of aliphatic imine (C=N–C) groups is 1. The third-order valence-corrected chi connectivity index (χ3v) is 5.39. The molecule has 0 bridgehead atoms. The highest BCUT2D eigenvalue weighted by atomic mass is 32.2. The summed E-state index contributed by atoms with van der Waals surface area (Å²) in [5.41, 5.74) is 6.03. The Labute approximate surface area is 154 Å². The maximum Gasteiger partial charge on any atom is 0.180 e. The van der Waals surface area contributed by atoms with Gasteiger partial charge in [0.2, 0.25) is 0 Å². The third-order valence-electron chi connectivity index (χ3n) is 4.32. The summed E-state index contributed by atoms with van der Waals surface area (Å²) in [6, 6.07) is 12.5. The molecule has 0 radical (unpaired) electrons. The summed E-state index contributed by atoms with van der Waals surface area (Å²) in [7, 11) is 1.97. The van der Waals surface area contributed by atoms with E-state index in [1.54, 1.807) is 11.8 Å². The highest BCUT2D eigenvalue weighted by Gasteiger charge is 2.21. The molecule has 0 atom stereocenters. The van der Waals surface area contributed by atoms with E-state index in [4.69, 9.17) is 10.1 Å². The molecule has 25 heavy (non-hydrogen) atoms. The second-order valence-corrected chi connectivity index (χ2v) is 7.07. The van der Waals surface area contributed by atoms with E-state index in [1.165, 1.54) is 22.5 Å². The van der Waals surface area contributed by atoms with Gasteiger partial charge in [0.1, 0.15) is 0 Å². The molecular formula is C20H24N4S. The topological polar surface area (TPSA) is 32.9 Å². The van der Waals surface area contributed by atoms with Crippen molar-refractivity contribution in [2.45, 2.75) is 26.9 Å². The van der Waals surface area contributed by atoms with Gasteiger partial charge in [0.25, 0.3) is 0 Å². The smallest absolute Gasteiger partial charge is 0.180 e. The summed E-state index contributed by atoms with van der Waals surface area (Å²) in [6.45, 7) is 9.65. The minimum atomic E-state index is 0.687. The van der Waals surface area contributed by atoms with E-state index >= 15 is 0 Å². The van der Waals surface area contributed by atoms with Gasteiger partial charge >= 0.3 is 0 Å². The van der Waals surface area contributed by atoms with E-state index in [0.717, 1.165) is 23.2 Å². The SMILES string of the molecule is C=CCn1c(C)cc(C2=NN(C)C(=NCc3ccccc3)SC2)c1C. The first-order valence-electron chi connectivity index (χ1n) is 8.40. The van der Waals surface area contributed by atoms with Gasteiger partial charge in [-0.1, -0.05) is 48.2 Å². The van der Waals surface area contributed by atoms with Crippen LogP contribution in [0.4, 0.5) is 0 Å². The van der Waals surface area contributed by atoms with Crippen LogP contribution in [0, 0.1) is 13.8 Å². The van der Waals surface area contributed by atoms with Crippen molar-refractivity contribution in [3.8, 4) is 0 Å². The Balaban J connectivity index is 1.79. The van der Waals surface area contributed by atoms with Crippen LogP contribution in [-0.4, -0.2) is 33.3 Å². The lowest BCUT2D eigenvalue weighted by atomic mass is 10.1. The molecular weight excluding hydrogens is 328 g/mol. The highest BCUT2D eigenvalue weighted by molar-refractivity contribution is 8.14. The summed E-state index contributed by atoms with van der Waals surface area (Å²) in [4.78, 5) is 4.72. The standard InChI is InChI=1S/C20H24N4S/c1-5-11-24-15(2)12-18(16(24)3)19-14-25-20(23(4)22-19)21-13-17-9-7-6-8-10-17/h5-10,12H,1,11,13-14H2,2-4H3. The van der Waals surface area contributed by atoms with Crippen molar-refractivity contribution in [2.75, 3.05) is 12.8 Å². The summed E-state index contributed by atoms with van der Waals surface area (Å²) >= 11 is 1.75. The predicted molar refractivity (Wildman–Crippen MR) is 108 cm³/mol. The lowest BCUT2D eigenvalue weighted by molar-refractivity contribution is 0.550. The van der Waals surface area contributed by atoms with Crippen molar-refractivity contribution in [3.05, 3.63) is 71.6 Å². The van der Waals surface area contributed by atoms with Gasteiger partial charge in [-0.05, 0) is 25.5 Å².